The summed E-state index contributed by atoms with van der Waals surface area (Å²) in [7, 11) is 6.60. The second kappa shape index (κ2) is 7.68. The molecule has 0 fully saturated rings. The summed E-state index contributed by atoms with van der Waals surface area (Å²) in [6.07, 6.45) is 4.52. The summed E-state index contributed by atoms with van der Waals surface area (Å²) >= 11 is 0. The summed E-state index contributed by atoms with van der Waals surface area (Å²) in [5.41, 5.74) is 2.00. The monoisotopic (exact) mass is 280 g/mol. The lowest BCUT2D eigenvalue weighted by molar-refractivity contribution is 0.334. The molecule has 1 unspecified atom stereocenters. The Labute approximate surface area is 121 Å². The van der Waals surface area contributed by atoms with Crippen molar-refractivity contribution < 1.29 is 18.9 Å². The van der Waals surface area contributed by atoms with Crippen molar-refractivity contribution in [2.24, 2.45) is 0 Å². The van der Waals surface area contributed by atoms with Crippen LogP contribution in [-0.4, -0.2) is 28.4 Å². The van der Waals surface area contributed by atoms with E-state index >= 15 is 0 Å². The lowest BCUT2D eigenvalue weighted by atomic mass is 9.94. The van der Waals surface area contributed by atoms with Gasteiger partial charge in [-0.2, -0.15) is 0 Å². The number of hydrogen-bond acceptors (Lipinski definition) is 4. The van der Waals surface area contributed by atoms with Gasteiger partial charge in [0.15, 0.2) is 11.5 Å². The summed E-state index contributed by atoms with van der Waals surface area (Å²) in [6, 6.07) is 2.02. The molecule has 4 heteroatoms. The van der Waals surface area contributed by atoms with Crippen LogP contribution in [0.4, 0.5) is 0 Å². The predicted octanol–water partition coefficient (Wildman–Crippen LogP) is 3.67. The SMILES string of the molecule is CO/C=C/CC(C)c1cc(OC)c(C)c(OC)c1OC. The maximum Gasteiger partial charge on any atom is 0.167 e. The van der Waals surface area contributed by atoms with Gasteiger partial charge in [-0.25, -0.2) is 0 Å². The smallest absolute Gasteiger partial charge is 0.167 e. The van der Waals surface area contributed by atoms with Crippen LogP contribution in [0.25, 0.3) is 0 Å². The number of methoxy groups -OCH3 is 4. The van der Waals surface area contributed by atoms with Gasteiger partial charge in [-0.3, -0.25) is 0 Å². The quantitative estimate of drug-likeness (QED) is 0.714. The first-order chi connectivity index (χ1) is 9.60. The number of allylic oxidation sites excluding steroid dienone is 1. The van der Waals surface area contributed by atoms with E-state index in [0.717, 1.165) is 34.8 Å². The summed E-state index contributed by atoms with van der Waals surface area (Å²) in [4.78, 5) is 0. The Morgan fingerprint density at radius 1 is 1.05 bits per heavy atom. The van der Waals surface area contributed by atoms with Crippen molar-refractivity contribution in [3.05, 3.63) is 29.5 Å². The molecule has 1 aromatic carbocycles. The predicted molar refractivity (Wildman–Crippen MR) is 80.0 cm³/mol. The van der Waals surface area contributed by atoms with Gasteiger partial charge in [-0.1, -0.05) is 6.92 Å². The molecule has 0 heterocycles. The van der Waals surface area contributed by atoms with Gasteiger partial charge in [0, 0.05) is 11.1 Å². The minimum absolute atomic E-state index is 0.264. The van der Waals surface area contributed by atoms with Crippen LogP contribution in [0, 0.1) is 6.92 Å². The van der Waals surface area contributed by atoms with Crippen molar-refractivity contribution >= 4 is 0 Å². The molecule has 0 spiro atoms. The maximum atomic E-state index is 5.54. The van der Waals surface area contributed by atoms with Crippen LogP contribution in [0.3, 0.4) is 0 Å². The highest BCUT2D eigenvalue weighted by Gasteiger charge is 2.20. The second-order valence-corrected chi connectivity index (χ2v) is 4.60. The molecule has 0 amide bonds. The number of hydrogen-bond donors (Lipinski definition) is 0. The molecule has 0 radical (unpaired) electrons. The van der Waals surface area contributed by atoms with Crippen molar-refractivity contribution in [3.63, 3.8) is 0 Å². The molecule has 0 aromatic heterocycles. The van der Waals surface area contributed by atoms with Gasteiger partial charge in [0.2, 0.25) is 0 Å². The molecule has 1 aromatic rings. The zero-order valence-corrected chi connectivity index (χ0v) is 13.1. The molecular formula is C16H24O4. The van der Waals surface area contributed by atoms with E-state index in [0.29, 0.717) is 0 Å². The van der Waals surface area contributed by atoms with Crippen molar-refractivity contribution in [1.82, 2.24) is 0 Å². The van der Waals surface area contributed by atoms with Gasteiger partial charge in [-0.05, 0) is 31.4 Å². The van der Waals surface area contributed by atoms with Crippen molar-refractivity contribution in [2.45, 2.75) is 26.2 Å². The highest BCUT2D eigenvalue weighted by atomic mass is 16.5. The minimum Gasteiger partial charge on any atom is -0.505 e. The first-order valence-corrected chi connectivity index (χ1v) is 6.57. The Hall–Kier alpha value is -1.84. The van der Waals surface area contributed by atoms with Gasteiger partial charge in [-0.15, -0.1) is 0 Å². The largest absolute Gasteiger partial charge is 0.505 e. The van der Waals surface area contributed by atoms with E-state index in [1.165, 1.54) is 0 Å². The zero-order chi connectivity index (χ0) is 15.1. The fourth-order valence-corrected chi connectivity index (χ4v) is 2.25. The van der Waals surface area contributed by atoms with Crippen LogP contribution in [0.15, 0.2) is 18.4 Å². The third kappa shape index (κ3) is 3.38. The van der Waals surface area contributed by atoms with E-state index in [9.17, 15) is 0 Å². The van der Waals surface area contributed by atoms with Crippen LogP contribution < -0.4 is 14.2 Å². The Bertz CT molecular complexity index is 466. The van der Waals surface area contributed by atoms with Crippen LogP contribution in [-0.2, 0) is 4.74 Å². The average molecular weight is 280 g/mol. The standard InChI is InChI=1S/C16H24O4/c1-11(8-7-9-17-3)13-10-14(18-4)12(2)15(19-5)16(13)20-6/h7,9-11H,8H2,1-6H3/b9-7+. The fraction of sp³-hybridized carbons (Fsp3) is 0.500. The Kier molecular flexibility index (Phi) is 6.22. The van der Waals surface area contributed by atoms with Crippen LogP contribution in [0.1, 0.15) is 30.4 Å². The Balaban J connectivity index is 3.26. The molecule has 0 aliphatic rings. The zero-order valence-electron chi connectivity index (χ0n) is 13.1. The van der Waals surface area contributed by atoms with E-state index in [1.807, 2.05) is 19.1 Å². The van der Waals surface area contributed by atoms with Crippen LogP contribution >= 0.6 is 0 Å². The molecule has 0 bridgehead atoms. The van der Waals surface area contributed by atoms with Crippen molar-refractivity contribution in [1.29, 1.82) is 0 Å². The molecular weight excluding hydrogens is 256 g/mol. The van der Waals surface area contributed by atoms with E-state index in [-0.39, 0.29) is 5.92 Å². The van der Waals surface area contributed by atoms with Gasteiger partial charge >= 0.3 is 0 Å². The van der Waals surface area contributed by atoms with Crippen molar-refractivity contribution in [3.8, 4) is 17.2 Å². The third-order valence-corrected chi connectivity index (χ3v) is 3.35. The minimum atomic E-state index is 0.264. The topological polar surface area (TPSA) is 36.9 Å². The third-order valence-electron chi connectivity index (χ3n) is 3.35. The summed E-state index contributed by atoms with van der Waals surface area (Å²) < 4.78 is 21.4. The summed E-state index contributed by atoms with van der Waals surface area (Å²) in [5, 5.41) is 0. The molecule has 0 saturated carbocycles. The van der Waals surface area contributed by atoms with E-state index in [1.54, 1.807) is 34.7 Å². The Morgan fingerprint density at radius 3 is 2.20 bits per heavy atom. The Morgan fingerprint density at radius 2 is 1.70 bits per heavy atom. The maximum absolute atomic E-state index is 5.54. The lowest BCUT2D eigenvalue weighted by Crippen LogP contribution is -2.03. The lowest BCUT2D eigenvalue weighted by Gasteiger charge is -2.20. The highest BCUT2D eigenvalue weighted by molar-refractivity contribution is 5.58. The van der Waals surface area contributed by atoms with E-state index in [2.05, 4.69) is 6.92 Å². The molecule has 1 atom stereocenters. The van der Waals surface area contributed by atoms with Gasteiger partial charge in [0.25, 0.3) is 0 Å². The number of rotatable bonds is 7. The molecule has 0 saturated heterocycles. The first-order valence-electron chi connectivity index (χ1n) is 6.57. The molecule has 112 valence electrons. The van der Waals surface area contributed by atoms with Crippen LogP contribution in [0.5, 0.6) is 17.2 Å². The van der Waals surface area contributed by atoms with Crippen molar-refractivity contribution in [2.75, 3.05) is 28.4 Å². The van der Waals surface area contributed by atoms with E-state index < -0.39 is 0 Å². The van der Waals surface area contributed by atoms with Gasteiger partial charge in [0.05, 0.1) is 34.7 Å². The highest BCUT2D eigenvalue weighted by Crippen LogP contribution is 2.43. The number of ether oxygens (including phenoxy) is 4. The molecule has 4 nitrogen and oxygen atoms in total. The average Bonchev–Trinajstić information content (AvgIpc) is 2.46. The fourth-order valence-electron chi connectivity index (χ4n) is 2.25. The molecule has 0 aliphatic heterocycles. The van der Waals surface area contributed by atoms with Gasteiger partial charge < -0.3 is 18.9 Å². The molecule has 20 heavy (non-hydrogen) atoms. The molecule has 0 N–H and O–H groups in total. The second-order valence-electron chi connectivity index (χ2n) is 4.60. The van der Waals surface area contributed by atoms with Crippen LogP contribution in [0.2, 0.25) is 0 Å². The van der Waals surface area contributed by atoms with Gasteiger partial charge in [0.1, 0.15) is 5.75 Å². The number of benzene rings is 1. The van der Waals surface area contributed by atoms with E-state index in [4.69, 9.17) is 18.9 Å². The summed E-state index contributed by atoms with van der Waals surface area (Å²) in [5.74, 6) is 2.56. The summed E-state index contributed by atoms with van der Waals surface area (Å²) in [6.45, 7) is 4.09. The molecule has 1 rings (SSSR count). The molecule has 0 aliphatic carbocycles. The first kappa shape index (κ1) is 16.2. The normalized spacial score (nSPS) is 12.3.